The van der Waals surface area contributed by atoms with Gasteiger partial charge in [-0.2, -0.15) is 0 Å². The van der Waals surface area contributed by atoms with Gasteiger partial charge in [0.05, 0.1) is 6.61 Å². The van der Waals surface area contributed by atoms with Crippen molar-refractivity contribution in [2.45, 2.75) is 20.3 Å². The highest BCUT2D eigenvalue weighted by molar-refractivity contribution is 5.89. The van der Waals surface area contributed by atoms with Crippen LogP contribution in [0.5, 0.6) is 5.75 Å². The Bertz CT molecular complexity index is 612. The Labute approximate surface area is 131 Å². The first-order valence-electron chi connectivity index (χ1n) is 7.45. The number of aryl methyl sites for hydroxylation is 2. The molecule has 0 aliphatic heterocycles. The second-order valence-corrected chi connectivity index (χ2v) is 5.20. The minimum Gasteiger partial charge on any atom is -0.494 e. The van der Waals surface area contributed by atoms with Gasteiger partial charge in [-0.15, -0.1) is 0 Å². The van der Waals surface area contributed by atoms with E-state index in [0.717, 1.165) is 23.4 Å². The summed E-state index contributed by atoms with van der Waals surface area (Å²) in [5.74, 6) is 0.849. The third-order valence-electron chi connectivity index (χ3n) is 3.38. The first-order valence-corrected chi connectivity index (χ1v) is 7.45. The summed E-state index contributed by atoms with van der Waals surface area (Å²) >= 11 is 0. The van der Waals surface area contributed by atoms with Crippen molar-refractivity contribution < 1.29 is 9.53 Å². The average Bonchev–Trinajstić information content (AvgIpc) is 2.52. The van der Waals surface area contributed by atoms with Crippen molar-refractivity contribution in [1.82, 2.24) is 5.32 Å². The number of carbonyl (C=O) groups excluding carboxylic acids is 1. The van der Waals surface area contributed by atoms with Crippen LogP contribution in [0.1, 0.15) is 17.5 Å². The van der Waals surface area contributed by atoms with Gasteiger partial charge in [-0.25, -0.2) is 4.79 Å². The van der Waals surface area contributed by atoms with Crippen LogP contribution in [0.3, 0.4) is 0 Å². The van der Waals surface area contributed by atoms with E-state index in [1.807, 2.05) is 62.4 Å². The maximum Gasteiger partial charge on any atom is 0.319 e. The number of anilines is 1. The van der Waals surface area contributed by atoms with Gasteiger partial charge in [-0.3, -0.25) is 0 Å². The predicted octanol–water partition coefficient (Wildman–Crippen LogP) is 3.89. The van der Waals surface area contributed by atoms with Crippen LogP contribution in [0.4, 0.5) is 10.5 Å². The van der Waals surface area contributed by atoms with Gasteiger partial charge in [0.15, 0.2) is 0 Å². The van der Waals surface area contributed by atoms with Gasteiger partial charge in [-0.05, 0) is 55.7 Å². The van der Waals surface area contributed by atoms with Gasteiger partial charge in [0.2, 0.25) is 0 Å². The van der Waals surface area contributed by atoms with Crippen molar-refractivity contribution >= 4 is 11.7 Å². The van der Waals surface area contributed by atoms with E-state index in [9.17, 15) is 4.79 Å². The predicted molar refractivity (Wildman–Crippen MR) is 89.5 cm³/mol. The van der Waals surface area contributed by atoms with Gasteiger partial charge in [0, 0.05) is 12.2 Å². The van der Waals surface area contributed by atoms with Crippen molar-refractivity contribution in [2.24, 2.45) is 0 Å². The summed E-state index contributed by atoms with van der Waals surface area (Å²) in [6.45, 7) is 5.22. The van der Waals surface area contributed by atoms with E-state index in [0.29, 0.717) is 13.2 Å². The van der Waals surface area contributed by atoms with Crippen molar-refractivity contribution in [1.29, 1.82) is 0 Å². The molecule has 0 aromatic heterocycles. The lowest BCUT2D eigenvalue weighted by atomic mass is 10.1. The molecular formula is C18H22N2O2. The van der Waals surface area contributed by atoms with E-state index >= 15 is 0 Å². The molecule has 4 nitrogen and oxygen atoms in total. The van der Waals surface area contributed by atoms with Gasteiger partial charge in [-0.1, -0.05) is 24.3 Å². The molecule has 0 saturated carbocycles. The van der Waals surface area contributed by atoms with Crippen LogP contribution in [0.15, 0.2) is 48.5 Å². The van der Waals surface area contributed by atoms with Crippen LogP contribution in [0, 0.1) is 13.8 Å². The van der Waals surface area contributed by atoms with E-state index in [4.69, 9.17) is 4.74 Å². The molecule has 4 heteroatoms. The number of ether oxygens (including phenoxy) is 1. The van der Waals surface area contributed by atoms with Crippen LogP contribution in [-0.4, -0.2) is 19.2 Å². The maximum atomic E-state index is 11.8. The number of benzene rings is 2. The Balaban J connectivity index is 1.64. The molecule has 116 valence electrons. The van der Waals surface area contributed by atoms with Gasteiger partial charge in [0.1, 0.15) is 5.75 Å². The van der Waals surface area contributed by atoms with E-state index < -0.39 is 0 Å². The second kappa shape index (κ2) is 8.08. The number of hydrogen-bond acceptors (Lipinski definition) is 2. The largest absolute Gasteiger partial charge is 0.494 e. The number of rotatable bonds is 6. The zero-order chi connectivity index (χ0) is 15.8. The van der Waals surface area contributed by atoms with Crippen LogP contribution in [0.25, 0.3) is 0 Å². The molecule has 0 fully saturated rings. The second-order valence-electron chi connectivity index (χ2n) is 5.20. The SMILES string of the molecule is Cc1ccc(NC(=O)NCCCOc2ccccc2)cc1C. The first-order chi connectivity index (χ1) is 10.6. The molecule has 22 heavy (non-hydrogen) atoms. The molecule has 2 rings (SSSR count). The summed E-state index contributed by atoms with van der Waals surface area (Å²) in [5, 5.41) is 5.65. The molecule has 2 aromatic carbocycles. The Kier molecular flexibility index (Phi) is 5.83. The van der Waals surface area contributed by atoms with E-state index in [1.54, 1.807) is 0 Å². The number of urea groups is 1. The van der Waals surface area contributed by atoms with Crippen LogP contribution in [-0.2, 0) is 0 Å². The molecule has 0 aliphatic rings. The monoisotopic (exact) mass is 298 g/mol. The Morgan fingerprint density at radius 3 is 2.55 bits per heavy atom. The third kappa shape index (κ3) is 5.13. The normalized spacial score (nSPS) is 10.1. The molecule has 0 aliphatic carbocycles. The molecule has 0 bridgehead atoms. The quantitative estimate of drug-likeness (QED) is 0.795. The first kappa shape index (κ1) is 15.9. The number of amides is 2. The third-order valence-corrected chi connectivity index (χ3v) is 3.38. The summed E-state index contributed by atoms with van der Waals surface area (Å²) in [6.07, 6.45) is 0.759. The summed E-state index contributed by atoms with van der Waals surface area (Å²) in [4.78, 5) is 11.8. The highest BCUT2D eigenvalue weighted by atomic mass is 16.5. The minimum atomic E-state index is -0.192. The molecule has 0 unspecified atom stereocenters. The summed E-state index contributed by atoms with van der Waals surface area (Å²) in [7, 11) is 0. The van der Waals surface area contributed by atoms with Crippen molar-refractivity contribution in [3.05, 3.63) is 59.7 Å². The molecule has 0 atom stereocenters. The number of hydrogen-bond donors (Lipinski definition) is 2. The fourth-order valence-electron chi connectivity index (χ4n) is 1.98. The smallest absolute Gasteiger partial charge is 0.319 e. The van der Waals surface area contributed by atoms with E-state index in [2.05, 4.69) is 10.6 Å². The Hall–Kier alpha value is -2.49. The highest BCUT2D eigenvalue weighted by Gasteiger charge is 2.02. The standard InChI is InChI=1S/C18H22N2O2/c1-14-9-10-16(13-15(14)2)20-18(21)19-11-6-12-22-17-7-4-3-5-8-17/h3-5,7-10,13H,6,11-12H2,1-2H3,(H2,19,20,21). The molecule has 2 amide bonds. The van der Waals surface area contributed by atoms with Crippen LogP contribution >= 0.6 is 0 Å². The Morgan fingerprint density at radius 2 is 1.82 bits per heavy atom. The van der Waals surface area contributed by atoms with Crippen molar-refractivity contribution in [3.8, 4) is 5.75 Å². The van der Waals surface area contributed by atoms with Crippen LogP contribution in [0.2, 0.25) is 0 Å². The summed E-state index contributed by atoms with van der Waals surface area (Å²) in [6, 6.07) is 15.3. The average molecular weight is 298 g/mol. The number of nitrogens with one attached hydrogen (secondary N) is 2. The van der Waals surface area contributed by atoms with Gasteiger partial charge >= 0.3 is 6.03 Å². The fourth-order valence-corrected chi connectivity index (χ4v) is 1.98. The lowest BCUT2D eigenvalue weighted by Crippen LogP contribution is -2.30. The summed E-state index contributed by atoms with van der Waals surface area (Å²) < 4.78 is 5.56. The molecule has 0 spiro atoms. The molecular weight excluding hydrogens is 276 g/mol. The van der Waals surface area contributed by atoms with E-state index in [-0.39, 0.29) is 6.03 Å². The van der Waals surface area contributed by atoms with Crippen LogP contribution < -0.4 is 15.4 Å². The van der Waals surface area contributed by atoms with Crippen molar-refractivity contribution in [2.75, 3.05) is 18.5 Å². The van der Waals surface area contributed by atoms with Gasteiger partial charge in [0.25, 0.3) is 0 Å². The number of para-hydroxylation sites is 1. The molecule has 0 heterocycles. The highest BCUT2D eigenvalue weighted by Crippen LogP contribution is 2.13. The molecule has 0 radical (unpaired) electrons. The Morgan fingerprint density at radius 1 is 1.05 bits per heavy atom. The van der Waals surface area contributed by atoms with E-state index in [1.165, 1.54) is 5.56 Å². The summed E-state index contributed by atoms with van der Waals surface area (Å²) in [5.41, 5.74) is 3.18. The molecule has 0 saturated heterocycles. The fraction of sp³-hybridized carbons (Fsp3) is 0.278. The maximum absolute atomic E-state index is 11.8. The molecule has 2 aromatic rings. The zero-order valence-electron chi connectivity index (χ0n) is 13.1. The lowest BCUT2D eigenvalue weighted by Gasteiger charge is -2.10. The molecule has 2 N–H and O–H groups in total. The van der Waals surface area contributed by atoms with Gasteiger partial charge < -0.3 is 15.4 Å². The number of carbonyl (C=O) groups is 1. The topological polar surface area (TPSA) is 50.4 Å². The van der Waals surface area contributed by atoms with Crippen molar-refractivity contribution in [3.63, 3.8) is 0 Å². The zero-order valence-corrected chi connectivity index (χ0v) is 13.1. The lowest BCUT2D eigenvalue weighted by molar-refractivity contribution is 0.250. The minimum absolute atomic E-state index is 0.192.